The fraction of sp³-hybridized carbons (Fsp3) is 0.400. The van der Waals surface area contributed by atoms with Crippen LogP contribution in [0.15, 0.2) is 34.7 Å². The zero-order valence-corrected chi connectivity index (χ0v) is 13.2. The number of halogens is 1. The van der Waals surface area contributed by atoms with Crippen LogP contribution in [0, 0.1) is 0 Å². The Kier molecular flexibility index (Phi) is 5.13. The SMILES string of the molecule is CSC1=C(C)CN(C(C(=O)O)c2ccccc2Cl)CC1. The second kappa shape index (κ2) is 6.66. The van der Waals surface area contributed by atoms with E-state index in [1.165, 1.54) is 10.5 Å². The lowest BCUT2D eigenvalue weighted by atomic mass is 10.0. The van der Waals surface area contributed by atoms with Gasteiger partial charge in [-0.1, -0.05) is 29.8 Å². The molecule has 0 radical (unpaired) electrons. The summed E-state index contributed by atoms with van der Waals surface area (Å²) in [6.45, 7) is 3.50. The Hall–Kier alpha value is -0.970. The van der Waals surface area contributed by atoms with E-state index in [2.05, 4.69) is 13.2 Å². The van der Waals surface area contributed by atoms with Crippen molar-refractivity contribution < 1.29 is 9.90 Å². The molecule has 1 aliphatic heterocycles. The highest BCUT2D eigenvalue weighted by atomic mass is 35.5. The number of carbonyl (C=O) groups is 1. The molecule has 1 atom stereocenters. The molecular weight excluding hydrogens is 294 g/mol. The topological polar surface area (TPSA) is 40.5 Å². The summed E-state index contributed by atoms with van der Waals surface area (Å²) in [6.07, 6.45) is 2.97. The van der Waals surface area contributed by atoms with Crippen molar-refractivity contribution in [1.82, 2.24) is 4.90 Å². The molecule has 1 aliphatic rings. The number of carboxylic acids is 1. The van der Waals surface area contributed by atoms with E-state index >= 15 is 0 Å². The average Bonchev–Trinajstić information content (AvgIpc) is 2.41. The van der Waals surface area contributed by atoms with Gasteiger partial charge in [0.25, 0.3) is 0 Å². The molecule has 20 heavy (non-hydrogen) atoms. The van der Waals surface area contributed by atoms with Crippen molar-refractivity contribution >= 4 is 29.3 Å². The minimum absolute atomic E-state index is 0.511. The van der Waals surface area contributed by atoms with Crippen molar-refractivity contribution in [3.8, 4) is 0 Å². The highest BCUT2D eigenvalue weighted by Crippen LogP contribution is 2.33. The summed E-state index contributed by atoms with van der Waals surface area (Å²) in [7, 11) is 0. The first-order valence-electron chi connectivity index (χ1n) is 6.48. The summed E-state index contributed by atoms with van der Waals surface area (Å²) in [5.41, 5.74) is 1.92. The Morgan fingerprint density at radius 3 is 2.70 bits per heavy atom. The monoisotopic (exact) mass is 311 g/mol. The molecule has 108 valence electrons. The van der Waals surface area contributed by atoms with Crippen molar-refractivity contribution in [2.45, 2.75) is 19.4 Å². The largest absolute Gasteiger partial charge is 0.480 e. The molecule has 1 heterocycles. The molecule has 0 amide bonds. The number of thioether (sulfide) groups is 1. The highest BCUT2D eigenvalue weighted by molar-refractivity contribution is 8.02. The van der Waals surface area contributed by atoms with Crippen LogP contribution >= 0.6 is 23.4 Å². The Balaban J connectivity index is 2.30. The number of rotatable bonds is 4. The Bertz CT molecular complexity index is 544. The van der Waals surface area contributed by atoms with E-state index in [0.29, 0.717) is 17.1 Å². The van der Waals surface area contributed by atoms with Crippen molar-refractivity contribution in [3.05, 3.63) is 45.3 Å². The lowest BCUT2D eigenvalue weighted by Gasteiger charge is -2.34. The summed E-state index contributed by atoms with van der Waals surface area (Å²) in [5, 5.41) is 10.1. The summed E-state index contributed by atoms with van der Waals surface area (Å²) in [6, 6.07) is 6.51. The van der Waals surface area contributed by atoms with Gasteiger partial charge in [0.1, 0.15) is 6.04 Å². The smallest absolute Gasteiger partial charge is 0.325 e. The third-order valence-corrected chi connectivity index (χ3v) is 4.98. The van der Waals surface area contributed by atoms with Crippen molar-refractivity contribution in [3.63, 3.8) is 0 Å². The average molecular weight is 312 g/mol. The second-order valence-electron chi connectivity index (χ2n) is 4.89. The Morgan fingerprint density at radius 2 is 2.15 bits per heavy atom. The van der Waals surface area contributed by atoms with Crippen LogP contribution in [0.2, 0.25) is 5.02 Å². The zero-order chi connectivity index (χ0) is 14.7. The quantitative estimate of drug-likeness (QED) is 0.918. The van der Waals surface area contributed by atoms with Crippen LogP contribution in [0.5, 0.6) is 0 Å². The zero-order valence-electron chi connectivity index (χ0n) is 11.6. The molecule has 1 aromatic carbocycles. The molecule has 0 spiro atoms. The van der Waals surface area contributed by atoms with Crippen molar-refractivity contribution in [2.24, 2.45) is 0 Å². The predicted octanol–water partition coefficient (Wildman–Crippen LogP) is 3.81. The molecule has 0 saturated heterocycles. The fourth-order valence-electron chi connectivity index (χ4n) is 2.61. The second-order valence-corrected chi connectivity index (χ2v) is 6.20. The molecule has 0 saturated carbocycles. The number of hydrogen-bond donors (Lipinski definition) is 1. The summed E-state index contributed by atoms with van der Waals surface area (Å²) < 4.78 is 0. The van der Waals surface area contributed by atoms with E-state index in [0.717, 1.165) is 13.0 Å². The standard InChI is InChI=1S/C15H18ClNO2S/c1-10-9-17(8-7-13(10)20-2)14(15(18)19)11-5-3-4-6-12(11)16/h3-6,14H,7-9H2,1-2H3,(H,18,19). The maximum Gasteiger partial charge on any atom is 0.325 e. The minimum Gasteiger partial charge on any atom is -0.480 e. The van der Waals surface area contributed by atoms with Crippen molar-refractivity contribution in [2.75, 3.05) is 19.3 Å². The van der Waals surface area contributed by atoms with Gasteiger partial charge in [0, 0.05) is 18.1 Å². The van der Waals surface area contributed by atoms with Gasteiger partial charge < -0.3 is 5.11 Å². The number of hydrogen-bond acceptors (Lipinski definition) is 3. The van der Waals surface area contributed by atoms with Crippen LogP contribution < -0.4 is 0 Å². The Morgan fingerprint density at radius 1 is 1.45 bits per heavy atom. The van der Waals surface area contributed by atoms with Crippen LogP contribution in [0.1, 0.15) is 24.9 Å². The van der Waals surface area contributed by atoms with Crippen LogP contribution in [-0.2, 0) is 4.79 Å². The molecule has 1 unspecified atom stereocenters. The van der Waals surface area contributed by atoms with Gasteiger partial charge in [-0.3, -0.25) is 9.69 Å². The third-order valence-electron chi connectivity index (χ3n) is 3.59. The Labute approximate surface area is 128 Å². The summed E-state index contributed by atoms with van der Waals surface area (Å²) in [4.78, 5) is 15.0. The molecule has 3 nitrogen and oxygen atoms in total. The molecule has 0 aliphatic carbocycles. The minimum atomic E-state index is -0.849. The first-order chi connectivity index (χ1) is 9.54. The van der Waals surface area contributed by atoms with Crippen LogP contribution in [0.4, 0.5) is 0 Å². The highest BCUT2D eigenvalue weighted by Gasteiger charge is 2.31. The van der Waals surface area contributed by atoms with E-state index < -0.39 is 12.0 Å². The third kappa shape index (κ3) is 3.19. The predicted molar refractivity (Wildman–Crippen MR) is 84.2 cm³/mol. The van der Waals surface area contributed by atoms with E-state index in [4.69, 9.17) is 11.6 Å². The molecule has 2 rings (SSSR count). The van der Waals surface area contributed by atoms with Crippen molar-refractivity contribution in [1.29, 1.82) is 0 Å². The van der Waals surface area contributed by atoms with Gasteiger partial charge in [0.05, 0.1) is 0 Å². The lowest BCUT2D eigenvalue weighted by Crippen LogP contribution is -2.38. The first kappa shape index (κ1) is 15.4. The molecular formula is C15H18ClNO2S. The summed E-state index contributed by atoms with van der Waals surface area (Å²) >= 11 is 7.92. The molecule has 0 fully saturated rings. The van der Waals surface area contributed by atoms with E-state index in [9.17, 15) is 9.90 Å². The van der Waals surface area contributed by atoms with Gasteiger partial charge in [0.15, 0.2) is 0 Å². The molecule has 1 aromatic rings. The van der Waals surface area contributed by atoms with Gasteiger partial charge in [0.2, 0.25) is 0 Å². The number of carboxylic acid groups (broad SMARTS) is 1. The number of benzene rings is 1. The van der Waals surface area contributed by atoms with Crippen LogP contribution in [-0.4, -0.2) is 35.3 Å². The van der Waals surface area contributed by atoms with Gasteiger partial charge in [-0.25, -0.2) is 0 Å². The summed E-state index contributed by atoms with van der Waals surface area (Å²) in [5.74, 6) is -0.849. The maximum atomic E-state index is 11.7. The molecule has 0 aromatic heterocycles. The fourth-order valence-corrected chi connectivity index (χ4v) is 3.56. The van der Waals surface area contributed by atoms with Crippen LogP contribution in [0.3, 0.4) is 0 Å². The van der Waals surface area contributed by atoms with Gasteiger partial charge in [-0.05, 0) is 41.7 Å². The number of nitrogens with zero attached hydrogens (tertiary/aromatic N) is 1. The molecule has 0 bridgehead atoms. The number of aliphatic carboxylic acids is 1. The van der Waals surface area contributed by atoms with E-state index in [-0.39, 0.29) is 0 Å². The lowest BCUT2D eigenvalue weighted by molar-refractivity contribution is -0.143. The normalized spacial score (nSPS) is 18.1. The van der Waals surface area contributed by atoms with Crippen LogP contribution in [0.25, 0.3) is 0 Å². The maximum absolute atomic E-state index is 11.7. The molecule has 1 N–H and O–H groups in total. The van der Waals surface area contributed by atoms with Gasteiger partial charge in [-0.15, -0.1) is 11.8 Å². The van der Waals surface area contributed by atoms with Gasteiger partial charge in [-0.2, -0.15) is 0 Å². The first-order valence-corrected chi connectivity index (χ1v) is 8.08. The van der Waals surface area contributed by atoms with E-state index in [1.807, 2.05) is 17.0 Å². The molecule has 5 heteroatoms. The van der Waals surface area contributed by atoms with Gasteiger partial charge >= 0.3 is 5.97 Å². The van der Waals surface area contributed by atoms with E-state index in [1.54, 1.807) is 23.9 Å².